The maximum Gasteiger partial charge on any atom is 0.204 e. The number of guanidine groups is 1. The van der Waals surface area contributed by atoms with E-state index in [1.165, 1.54) is 6.26 Å². The molecule has 7 nitrogen and oxygen atoms in total. The van der Waals surface area contributed by atoms with Gasteiger partial charge in [-0.15, -0.1) is 0 Å². The van der Waals surface area contributed by atoms with Crippen LogP contribution in [0.5, 0.6) is 0 Å². The minimum Gasteiger partial charge on any atom is -0.363 e. The molecule has 0 fully saturated rings. The molecule has 0 aliphatic rings. The number of hydrogen-bond donors (Lipinski definition) is 2. The van der Waals surface area contributed by atoms with E-state index < -0.39 is 0 Å². The quantitative estimate of drug-likeness (QED) is 0.316. The number of nitrogens with zero attached hydrogens (tertiary/aromatic N) is 4. The highest BCUT2D eigenvalue weighted by molar-refractivity contribution is 5.80. The number of rotatable bonds is 4. The summed E-state index contributed by atoms with van der Waals surface area (Å²) < 4.78 is 4.73. The SMILES string of the molecule is CN=C(NC#N)NCCN(C)c1ccon1. The number of nitrogens with one attached hydrogen (secondary N) is 2. The Morgan fingerprint density at radius 1 is 1.75 bits per heavy atom. The first-order valence-corrected chi connectivity index (χ1v) is 4.75. The average molecular weight is 222 g/mol. The smallest absolute Gasteiger partial charge is 0.204 e. The summed E-state index contributed by atoms with van der Waals surface area (Å²) in [6.45, 7) is 1.36. The minimum atomic E-state index is 0.455. The monoisotopic (exact) mass is 222 g/mol. The summed E-state index contributed by atoms with van der Waals surface area (Å²) in [7, 11) is 3.51. The molecular formula is C9H14N6O. The van der Waals surface area contributed by atoms with Crippen LogP contribution in [0.4, 0.5) is 5.82 Å². The molecule has 1 rings (SSSR count). The molecular weight excluding hydrogens is 208 g/mol. The van der Waals surface area contributed by atoms with Crippen molar-refractivity contribution in [3.63, 3.8) is 0 Å². The average Bonchev–Trinajstić information content (AvgIpc) is 2.81. The molecule has 0 aromatic carbocycles. The fraction of sp³-hybridized carbons (Fsp3) is 0.444. The van der Waals surface area contributed by atoms with Gasteiger partial charge in [-0.3, -0.25) is 10.3 Å². The lowest BCUT2D eigenvalue weighted by Gasteiger charge is -2.16. The summed E-state index contributed by atoms with van der Waals surface area (Å²) in [5.74, 6) is 1.22. The molecule has 0 amide bonds. The van der Waals surface area contributed by atoms with Crippen LogP contribution in [0, 0.1) is 11.5 Å². The van der Waals surface area contributed by atoms with E-state index in [0.29, 0.717) is 12.5 Å². The predicted octanol–water partition coefficient (Wildman–Crippen LogP) is -0.243. The molecule has 2 N–H and O–H groups in total. The zero-order valence-electron chi connectivity index (χ0n) is 9.27. The van der Waals surface area contributed by atoms with Gasteiger partial charge in [-0.1, -0.05) is 5.16 Å². The van der Waals surface area contributed by atoms with Crippen molar-refractivity contribution in [1.82, 2.24) is 15.8 Å². The third-order valence-electron chi connectivity index (χ3n) is 1.95. The Morgan fingerprint density at radius 3 is 3.12 bits per heavy atom. The molecule has 0 unspecified atom stereocenters. The van der Waals surface area contributed by atoms with Crippen LogP contribution in [-0.4, -0.2) is 38.3 Å². The van der Waals surface area contributed by atoms with E-state index in [-0.39, 0.29) is 0 Å². The molecule has 7 heteroatoms. The van der Waals surface area contributed by atoms with Crippen molar-refractivity contribution in [2.24, 2.45) is 4.99 Å². The standard InChI is InChI=1S/C9H14N6O/c1-11-9(13-7-10)12-4-5-15(2)8-3-6-16-14-8/h3,6H,4-5H2,1-2H3,(H2,11,12,13). The second-order valence-electron chi connectivity index (χ2n) is 3.01. The number of aliphatic imine (C=N–C) groups is 1. The van der Waals surface area contributed by atoms with Crippen molar-refractivity contribution in [2.75, 3.05) is 32.1 Å². The summed E-state index contributed by atoms with van der Waals surface area (Å²) in [4.78, 5) is 5.78. The Morgan fingerprint density at radius 2 is 2.56 bits per heavy atom. The predicted molar refractivity (Wildman–Crippen MR) is 59.9 cm³/mol. The van der Waals surface area contributed by atoms with Gasteiger partial charge in [-0.2, -0.15) is 5.26 Å². The zero-order valence-corrected chi connectivity index (χ0v) is 9.27. The van der Waals surface area contributed by atoms with Crippen LogP contribution in [0.2, 0.25) is 0 Å². The van der Waals surface area contributed by atoms with Gasteiger partial charge in [0, 0.05) is 33.3 Å². The number of likely N-dealkylation sites (N-methyl/N-ethyl adjacent to an activating group) is 1. The second kappa shape index (κ2) is 6.29. The summed E-state index contributed by atoms with van der Waals surface area (Å²) in [6, 6.07) is 1.78. The van der Waals surface area contributed by atoms with Gasteiger partial charge in [0.15, 0.2) is 12.0 Å². The van der Waals surface area contributed by atoms with E-state index in [1.807, 2.05) is 11.9 Å². The van der Waals surface area contributed by atoms with Crippen LogP contribution in [-0.2, 0) is 0 Å². The molecule has 0 radical (unpaired) electrons. The summed E-state index contributed by atoms with van der Waals surface area (Å²) in [5.41, 5.74) is 0. The summed E-state index contributed by atoms with van der Waals surface area (Å²) in [6.07, 6.45) is 3.32. The molecule has 0 spiro atoms. The highest BCUT2D eigenvalue weighted by Crippen LogP contribution is 2.05. The molecule has 0 aliphatic carbocycles. The number of hydrogen-bond acceptors (Lipinski definition) is 5. The Bertz CT molecular complexity index is 366. The van der Waals surface area contributed by atoms with Gasteiger partial charge < -0.3 is 14.7 Å². The molecule has 0 atom stereocenters. The van der Waals surface area contributed by atoms with Crippen molar-refractivity contribution >= 4 is 11.8 Å². The van der Waals surface area contributed by atoms with E-state index in [0.717, 1.165) is 12.4 Å². The van der Waals surface area contributed by atoms with Gasteiger partial charge >= 0.3 is 0 Å². The van der Waals surface area contributed by atoms with Crippen molar-refractivity contribution in [3.05, 3.63) is 12.3 Å². The molecule has 0 saturated heterocycles. The molecule has 0 bridgehead atoms. The highest BCUT2D eigenvalue weighted by atomic mass is 16.5. The highest BCUT2D eigenvalue weighted by Gasteiger charge is 2.03. The maximum absolute atomic E-state index is 8.41. The van der Waals surface area contributed by atoms with Crippen LogP contribution in [0.1, 0.15) is 0 Å². The topological polar surface area (TPSA) is 89.5 Å². The van der Waals surface area contributed by atoms with Crippen LogP contribution < -0.4 is 15.5 Å². The first-order chi connectivity index (χ1) is 7.77. The van der Waals surface area contributed by atoms with Gasteiger partial charge in [0.1, 0.15) is 6.26 Å². The fourth-order valence-electron chi connectivity index (χ4n) is 1.09. The Balaban J connectivity index is 2.28. The van der Waals surface area contributed by atoms with Gasteiger partial charge in [-0.25, -0.2) is 0 Å². The Kier molecular flexibility index (Phi) is 4.66. The summed E-state index contributed by atoms with van der Waals surface area (Å²) >= 11 is 0. The van der Waals surface area contributed by atoms with Crippen molar-refractivity contribution in [3.8, 4) is 6.19 Å². The number of aromatic nitrogens is 1. The van der Waals surface area contributed by atoms with Gasteiger partial charge in [0.25, 0.3) is 0 Å². The maximum atomic E-state index is 8.41. The normalized spacial score (nSPS) is 10.7. The van der Waals surface area contributed by atoms with E-state index >= 15 is 0 Å². The van der Waals surface area contributed by atoms with Gasteiger partial charge in [0.05, 0.1) is 0 Å². The first kappa shape index (κ1) is 11.8. The van der Waals surface area contributed by atoms with E-state index in [1.54, 1.807) is 19.3 Å². The lowest BCUT2D eigenvalue weighted by atomic mass is 10.5. The fourth-order valence-corrected chi connectivity index (χ4v) is 1.09. The van der Waals surface area contributed by atoms with Crippen LogP contribution in [0.15, 0.2) is 21.8 Å². The molecule has 0 saturated carbocycles. The van der Waals surface area contributed by atoms with Crippen LogP contribution in [0.3, 0.4) is 0 Å². The molecule has 0 aliphatic heterocycles. The Labute approximate surface area is 93.7 Å². The van der Waals surface area contributed by atoms with Gasteiger partial charge in [0.2, 0.25) is 5.96 Å². The first-order valence-electron chi connectivity index (χ1n) is 4.75. The van der Waals surface area contributed by atoms with E-state index in [2.05, 4.69) is 20.8 Å². The van der Waals surface area contributed by atoms with Crippen molar-refractivity contribution in [1.29, 1.82) is 5.26 Å². The van der Waals surface area contributed by atoms with E-state index in [4.69, 9.17) is 9.78 Å². The molecule has 1 aromatic heterocycles. The lowest BCUT2D eigenvalue weighted by molar-refractivity contribution is 0.420. The summed E-state index contributed by atoms with van der Waals surface area (Å²) in [5, 5.41) is 17.6. The number of nitriles is 1. The van der Waals surface area contributed by atoms with Crippen LogP contribution in [0.25, 0.3) is 0 Å². The number of anilines is 1. The zero-order chi connectivity index (χ0) is 11.8. The molecule has 16 heavy (non-hydrogen) atoms. The molecule has 86 valence electrons. The third kappa shape index (κ3) is 3.49. The van der Waals surface area contributed by atoms with Crippen molar-refractivity contribution < 1.29 is 4.52 Å². The minimum absolute atomic E-state index is 0.455. The largest absolute Gasteiger partial charge is 0.363 e. The molecule has 1 aromatic rings. The van der Waals surface area contributed by atoms with Gasteiger partial charge in [-0.05, 0) is 0 Å². The second-order valence-corrected chi connectivity index (χ2v) is 3.01. The van der Waals surface area contributed by atoms with Crippen LogP contribution >= 0.6 is 0 Å². The van der Waals surface area contributed by atoms with Crippen molar-refractivity contribution in [2.45, 2.75) is 0 Å². The third-order valence-corrected chi connectivity index (χ3v) is 1.95. The molecule has 1 heterocycles. The Hall–Kier alpha value is -2.23. The van der Waals surface area contributed by atoms with E-state index in [9.17, 15) is 0 Å². The lowest BCUT2D eigenvalue weighted by Crippen LogP contribution is -2.39.